The molecule has 0 bridgehead atoms. The van der Waals surface area contributed by atoms with E-state index in [-0.39, 0.29) is 5.56 Å². The van der Waals surface area contributed by atoms with Crippen LogP contribution in [0.2, 0.25) is 0 Å². The predicted octanol–water partition coefficient (Wildman–Crippen LogP) is 1.14. The number of hydrogen-bond donors (Lipinski definition) is 1. The van der Waals surface area contributed by atoms with Crippen molar-refractivity contribution in [1.29, 1.82) is 0 Å². The molecule has 0 atom stereocenters. The van der Waals surface area contributed by atoms with Crippen LogP contribution in [-0.2, 0) is 0 Å². The van der Waals surface area contributed by atoms with Crippen LogP contribution in [0.5, 0.6) is 0 Å². The summed E-state index contributed by atoms with van der Waals surface area (Å²) in [7, 11) is 0. The van der Waals surface area contributed by atoms with Gasteiger partial charge in [0.2, 0.25) is 5.88 Å². The number of rotatable bonds is 2. The van der Waals surface area contributed by atoms with Gasteiger partial charge in [0.1, 0.15) is 5.56 Å². The van der Waals surface area contributed by atoms with Gasteiger partial charge >= 0.3 is 5.97 Å². The van der Waals surface area contributed by atoms with Crippen molar-refractivity contribution in [2.75, 3.05) is 0 Å². The summed E-state index contributed by atoms with van der Waals surface area (Å²) in [6, 6.07) is 2.91. The predicted molar refractivity (Wildman–Crippen MR) is 58.5 cm³/mol. The molecule has 2 rings (SSSR count). The van der Waals surface area contributed by atoms with Crippen LogP contribution >= 0.6 is 0 Å². The summed E-state index contributed by atoms with van der Waals surface area (Å²) in [5.74, 6) is -0.887. The maximum absolute atomic E-state index is 11.4. The largest absolute Gasteiger partial charge is 0.477 e. The maximum atomic E-state index is 11.4. The zero-order valence-electron chi connectivity index (χ0n) is 9.30. The van der Waals surface area contributed by atoms with E-state index in [0.29, 0.717) is 17.3 Å². The average Bonchev–Trinajstić information content (AvgIpc) is 2.64. The molecule has 0 fully saturated rings. The molecule has 2 heterocycles. The smallest absolute Gasteiger partial charge is 0.341 e. The summed E-state index contributed by atoms with van der Waals surface area (Å²) in [6.07, 6.45) is 1.24. The minimum atomic E-state index is -1.26. The Bertz CT molecular complexity index is 639. The van der Waals surface area contributed by atoms with E-state index in [2.05, 4.69) is 5.16 Å². The molecule has 0 unspecified atom stereocenters. The number of carboxylic acid groups (broad SMARTS) is 1. The van der Waals surface area contributed by atoms with Crippen LogP contribution in [0.1, 0.15) is 21.7 Å². The van der Waals surface area contributed by atoms with E-state index >= 15 is 0 Å². The first kappa shape index (κ1) is 11.1. The highest BCUT2D eigenvalue weighted by atomic mass is 16.5. The lowest BCUT2D eigenvalue weighted by Crippen LogP contribution is -2.18. The SMILES string of the molecule is Cc1cc(-n2cc(C(=O)O)c(=O)cc2C)on1. The molecular formula is C11H10N2O4. The molecule has 0 saturated carbocycles. The number of hydrogen-bond acceptors (Lipinski definition) is 4. The van der Waals surface area contributed by atoms with Crippen LogP contribution in [0.4, 0.5) is 0 Å². The molecule has 0 spiro atoms. The van der Waals surface area contributed by atoms with E-state index in [0.717, 1.165) is 0 Å². The standard InChI is InChI=1S/C11H10N2O4/c1-6-3-10(17-12-6)13-5-8(11(15)16)9(14)4-7(13)2/h3-5H,1-2H3,(H,15,16). The summed E-state index contributed by atoms with van der Waals surface area (Å²) in [5.41, 5.74) is 0.429. The van der Waals surface area contributed by atoms with Gasteiger partial charge in [0.05, 0.1) is 5.69 Å². The van der Waals surface area contributed by atoms with Gasteiger partial charge in [-0.15, -0.1) is 0 Å². The van der Waals surface area contributed by atoms with Crippen LogP contribution in [0, 0.1) is 13.8 Å². The van der Waals surface area contributed by atoms with E-state index in [9.17, 15) is 9.59 Å². The monoisotopic (exact) mass is 234 g/mol. The van der Waals surface area contributed by atoms with Crippen LogP contribution in [-0.4, -0.2) is 20.8 Å². The van der Waals surface area contributed by atoms with Crippen molar-refractivity contribution in [2.45, 2.75) is 13.8 Å². The van der Waals surface area contributed by atoms with Gasteiger partial charge in [0.25, 0.3) is 0 Å². The molecular weight excluding hydrogens is 224 g/mol. The van der Waals surface area contributed by atoms with Gasteiger partial charge in [-0.2, -0.15) is 0 Å². The Hall–Kier alpha value is -2.37. The number of carbonyl (C=O) groups is 1. The fourth-order valence-electron chi connectivity index (χ4n) is 1.49. The van der Waals surface area contributed by atoms with E-state index in [1.54, 1.807) is 19.9 Å². The molecule has 0 aliphatic carbocycles. The first-order valence-corrected chi connectivity index (χ1v) is 4.89. The van der Waals surface area contributed by atoms with Gasteiger partial charge in [-0.25, -0.2) is 4.79 Å². The molecule has 0 amide bonds. The van der Waals surface area contributed by atoms with E-state index in [1.165, 1.54) is 16.8 Å². The molecule has 88 valence electrons. The van der Waals surface area contributed by atoms with E-state index in [4.69, 9.17) is 9.63 Å². The van der Waals surface area contributed by atoms with Gasteiger partial charge in [0, 0.05) is 24.0 Å². The molecule has 6 nitrogen and oxygen atoms in total. The Morgan fingerprint density at radius 2 is 2.12 bits per heavy atom. The molecule has 0 radical (unpaired) electrons. The molecule has 1 N–H and O–H groups in total. The minimum absolute atomic E-state index is 0.301. The molecule has 0 aromatic carbocycles. The molecule has 0 aliphatic heterocycles. The average molecular weight is 234 g/mol. The number of nitrogens with zero attached hydrogens (tertiary/aromatic N) is 2. The lowest BCUT2D eigenvalue weighted by atomic mass is 10.2. The van der Waals surface area contributed by atoms with E-state index in [1.807, 2.05) is 0 Å². The lowest BCUT2D eigenvalue weighted by molar-refractivity contribution is 0.0694. The van der Waals surface area contributed by atoms with Crippen molar-refractivity contribution in [3.8, 4) is 5.88 Å². The summed E-state index contributed by atoms with van der Waals surface area (Å²) in [5, 5.41) is 12.6. The van der Waals surface area contributed by atoms with Crippen molar-refractivity contribution < 1.29 is 14.4 Å². The quantitative estimate of drug-likeness (QED) is 0.842. The Balaban J connectivity index is 2.66. The third-order valence-electron chi connectivity index (χ3n) is 2.33. The topological polar surface area (TPSA) is 85.3 Å². The number of carboxylic acids is 1. The second-order valence-electron chi connectivity index (χ2n) is 3.67. The van der Waals surface area contributed by atoms with Crippen LogP contribution in [0.25, 0.3) is 5.88 Å². The second kappa shape index (κ2) is 3.89. The van der Waals surface area contributed by atoms with Crippen LogP contribution in [0.3, 0.4) is 0 Å². The minimum Gasteiger partial charge on any atom is -0.477 e. The van der Waals surface area contributed by atoms with E-state index < -0.39 is 11.4 Å². The highest BCUT2D eigenvalue weighted by Gasteiger charge is 2.13. The number of pyridine rings is 1. The lowest BCUT2D eigenvalue weighted by Gasteiger charge is -2.06. The molecule has 6 heteroatoms. The fraction of sp³-hybridized carbons (Fsp3) is 0.182. The Kier molecular flexibility index (Phi) is 2.55. The summed E-state index contributed by atoms with van der Waals surface area (Å²) < 4.78 is 6.50. The summed E-state index contributed by atoms with van der Waals surface area (Å²) in [4.78, 5) is 22.3. The van der Waals surface area contributed by atoms with Gasteiger partial charge in [-0.05, 0) is 13.8 Å². The van der Waals surface area contributed by atoms with Crippen molar-refractivity contribution >= 4 is 5.97 Å². The summed E-state index contributed by atoms with van der Waals surface area (Å²) in [6.45, 7) is 3.44. The summed E-state index contributed by atoms with van der Waals surface area (Å²) >= 11 is 0. The van der Waals surface area contributed by atoms with Gasteiger partial charge < -0.3 is 9.63 Å². The Morgan fingerprint density at radius 1 is 1.41 bits per heavy atom. The zero-order chi connectivity index (χ0) is 12.6. The number of aryl methyl sites for hydroxylation is 2. The molecule has 17 heavy (non-hydrogen) atoms. The van der Waals surface area contributed by atoms with Crippen LogP contribution in [0.15, 0.2) is 27.6 Å². The highest BCUT2D eigenvalue weighted by molar-refractivity contribution is 5.87. The Labute approximate surface area is 96.1 Å². The first-order chi connectivity index (χ1) is 7.99. The van der Waals surface area contributed by atoms with Crippen molar-refractivity contribution in [1.82, 2.24) is 9.72 Å². The van der Waals surface area contributed by atoms with Crippen LogP contribution < -0.4 is 5.43 Å². The van der Waals surface area contributed by atoms with Crippen molar-refractivity contribution in [2.24, 2.45) is 0 Å². The van der Waals surface area contributed by atoms with Crippen molar-refractivity contribution in [3.63, 3.8) is 0 Å². The Morgan fingerprint density at radius 3 is 2.65 bits per heavy atom. The molecule has 0 aliphatic rings. The molecule has 0 saturated heterocycles. The third kappa shape index (κ3) is 1.96. The second-order valence-corrected chi connectivity index (χ2v) is 3.67. The molecule has 2 aromatic heterocycles. The number of aromatic nitrogens is 2. The third-order valence-corrected chi connectivity index (χ3v) is 2.33. The molecule has 2 aromatic rings. The first-order valence-electron chi connectivity index (χ1n) is 4.89. The van der Waals surface area contributed by atoms with Gasteiger partial charge in [0.15, 0.2) is 5.43 Å². The normalized spacial score (nSPS) is 10.5. The fourth-order valence-corrected chi connectivity index (χ4v) is 1.49. The van der Waals surface area contributed by atoms with Crippen molar-refractivity contribution in [3.05, 3.63) is 45.5 Å². The maximum Gasteiger partial charge on any atom is 0.341 e. The van der Waals surface area contributed by atoms with Gasteiger partial charge in [-0.1, -0.05) is 5.16 Å². The zero-order valence-corrected chi connectivity index (χ0v) is 9.30. The highest BCUT2D eigenvalue weighted by Crippen LogP contribution is 2.12. The van der Waals surface area contributed by atoms with Gasteiger partial charge in [-0.3, -0.25) is 9.36 Å². The number of aromatic carboxylic acids is 1.